The van der Waals surface area contributed by atoms with E-state index in [-0.39, 0.29) is 12.3 Å². The average Bonchev–Trinajstić information content (AvgIpc) is 3.41. The fourth-order valence-corrected chi connectivity index (χ4v) is 4.33. The Morgan fingerprint density at radius 3 is 2.73 bits per heavy atom. The molecule has 0 aromatic carbocycles. The van der Waals surface area contributed by atoms with Crippen molar-refractivity contribution in [3.63, 3.8) is 0 Å². The van der Waals surface area contributed by atoms with Crippen LogP contribution < -0.4 is 5.32 Å². The highest BCUT2D eigenvalue weighted by molar-refractivity contribution is 6.30. The van der Waals surface area contributed by atoms with Gasteiger partial charge >= 0.3 is 0 Å². The summed E-state index contributed by atoms with van der Waals surface area (Å²) >= 11 is 6.48. The van der Waals surface area contributed by atoms with Crippen LogP contribution in [0.5, 0.6) is 0 Å². The van der Waals surface area contributed by atoms with Crippen molar-refractivity contribution in [3.8, 4) is 11.1 Å². The van der Waals surface area contributed by atoms with Gasteiger partial charge < -0.3 is 10.4 Å². The number of aryl methyl sites for hydroxylation is 1. The lowest BCUT2D eigenvalue weighted by Crippen LogP contribution is -2.16. The van der Waals surface area contributed by atoms with Crippen molar-refractivity contribution in [2.24, 2.45) is 5.92 Å². The molecular weight excluding hydrogens is 445 g/mol. The number of rotatable bonds is 6. The van der Waals surface area contributed by atoms with Gasteiger partial charge in [-0.3, -0.25) is 14.2 Å². The fraction of sp³-hybridized carbons (Fsp3) is 0.333. The SMILES string of the molecule is CCC[C@@H](O)c1cc(C)c(-c2cc3cnc(NC(=O)[C@H]4C[C@H]4F)cc3n3c(Cl)cnc23)cn1. The zero-order chi connectivity index (χ0) is 23.3. The second-order valence-electron chi connectivity index (χ2n) is 8.50. The van der Waals surface area contributed by atoms with Crippen LogP contribution in [-0.4, -0.2) is 36.5 Å². The van der Waals surface area contributed by atoms with Gasteiger partial charge in [-0.25, -0.2) is 14.4 Å². The maximum Gasteiger partial charge on any atom is 0.231 e. The smallest absolute Gasteiger partial charge is 0.231 e. The number of aliphatic hydroxyl groups is 1. The molecule has 7 nitrogen and oxygen atoms in total. The zero-order valence-corrected chi connectivity index (χ0v) is 19.0. The summed E-state index contributed by atoms with van der Waals surface area (Å²) in [5.74, 6) is -0.639. The van der Waals surface area contributed by atoms with E-state index in [2.05, 4.69) is 20.3 Å². The van der Waals surface area contributed by atoms with Crippen LogP contribution in [0.4, 0.5) is 10.2 Å². The molecular formula is C24H23ClFN5O2. The van der Waals surface area contributed by atoms with Crippen molar-refractivity contribution in [2.75, 3.05) is 5.32 Å². The Balaban J connectivity index is 1.59. The molecule has 5 rings (SSSR count). The molecule has 1 fully saturated rings. The largest absolute Gasteiger partial charge is 0.387 e. The van der Waals surface area contributed by atoms with Gasteiger partial charge in [0.15, 0.2) is 0 Å². The van der Waals surface area contributed by atoms with Crippen molar-refractivity contribution in [1.82, 2.24) is 19.4 Å². The lowest BCUT2D eigenvalue weighted by molar-refractivity contribution is -0.117. The van der Waals surface area contributed by atoms with Gasteiger partial charge in [0.05, 0.1) is 29.4 Å². The van der Waals surface area contributed by atoms with E-state index >= 15 is 0 Å². The zero-order valence-electron chi connectivity index (χ0n) is 18.2. The van der Waals surface area contributed by atoms with Crippen LogP contribution in [0.3, 0.4) is 0 Å². The summed E-state index contributed by atoms with van der Waals surface area (Å²) in [6, 6.07) is 5.56. The van der Waals surface area contributed by atoms with Gasteiger partial charge in [0.1, 0.15) is 22.8 Å². The van der Waals surface area contributed by atoms with E-state index in [1.165, 1.54) is 0 Å². The van der Waals surface area contributed by atoms with Crippen molar-refractivity contribution < 1.29 is 14.3 Å². The minimum atomic E-state index is -1.07. The van der Waals surface area contributed by atoms with Crippen LogP contribution in [0, 0.1) is 12.8 Å². The first-order valence-electron chi connectivity index (χ1n) is 10.9. The van der Waals surface area contributed by atoms with Crippen LogP contribution in [-0.2, 0) is 4.79 Å². The van der Waals surface area contributed by atoms with Gasteiger partial charge in [-0.1, -0.05) is 24.9 Å². The molecule has 0 aliphatic heterocycles. The van der Waals surface area contributed by atoms with Gasteiger partial charge in [0.2, 0.25) is 5.91 Å². The van der Waals surface area contributed by atoms with Gasteiger partial charge in [0, 0.05) is 35.0 Å². The number of imidazole rings is 1. The molecule has 1 amide bonds. The quantitative estimate of drug-likeness (QED) is 0.414. The van der Waals surface area contributed by atoms with Gasteiger partial charge in [0.25, 0.3) is 0 Å². The lowest BCUT2D eigenvalue weighted by atomic mass is 10.00. The van der Waals surface area contributed by atoms with E-state index in [1.807, 2.05) is 26.0 Å². The van der Waals surface area contributed by atoms with Crippen molar-refractivity contribution in [3.05, 3.63) is 53.2 Å². The first-order valence-corrected chi connectivity index (χ1v) is 11.3. The molecule has 1 saturated carbocycles. The van der Waals surface area contributed by atoms with Gasteiger partial charge in [-0.15, -0.1) is 0 Å². The Labute approximate surface area is 194 Å². The average molecular weight is 468 g/mol. The highest BCUT2D eigenvalue weighted by Crippen LogP contribution is 2.36. The summed E-state index contributed by atoms with van der Waals surface area (Å²) in [7, 11) is 0. The molecule has 0 radical (unpaired) electrons. The second kappa shape index (κ2) is 8.35. The number of aliphatic hydroxyl groups excluding tert-OH is 1. The van der Waals surface area contributed by atoms with Crippen molar-refractivity contribution in [2.45, 2.75) is 45.4 Å². The molecule has 170 valence electrons. The van der Waals surface area contributed by atoms with E-state index in [0.29, 0.717) is 28.7 Å². The number of hydrogen-bond acceptors (Lipinski definition) is 5. The predicted octanol–water partition coefficient (Wildman–Crippen LogP) is 5.04. The van der Waals surface area contributed by atoms with Gasteiger partial charge in [-0.2, -0.15) is 0 Å². The van der Waals surface area contributed by atoms with E-state index in [9.17, 15) is 14.3 Å². The second-order valence-corrected chi connectivity index (χ2v) is 8.89. The molecule has 2 N–H and O–H groups in total. The highest BCUT2D eigenvalue weighted by atomic mass is 35.5. The summed E-state index contributed by atoms with van der Waals surface area (Å²) in [6.45, 7) is 3.99. The Morgan fingerprint density at radius 2 is 2.03 bits per heavy atom. The molecule has 33 heavy (non-hydrogen) atoms. The number of halogens is 2. The molecule has 4 heterocycles. The molecule has 0 saturated heterocycles. The maximum absolute atomic E-state index is 13.2. The number of alkyl halides is 1. The Kier molecular flexibility index (Phi) is 5.50. The van der Waals surface area contributed by atoms with Crippen LogP contribution >= 0.6 is 11.6 Å². The third-order valence-electron chi connectivity index (χ3n) is 6.04. The van der Waals surface area contributed by atoms with E-state index in [4.69, 9.17) is 11.6 Å². The standard InChI is InChI=1S/C24H23ClFN5O2/c1-3-4-20(32)18-5-12(2)16(10-27-18)14-6-13-9-28-22(30-24(33)15-7-17(15)26)8-19(13)31-21(25)11-29-23(14)31/h5-6,8-11,15,17,20,32H,3-4,7H2,1-2H3,(H,28,30,33)/t15-,17+,20+/m0/s1. The molecule has 3 atom stereocenters. The topological polar surface area (TPSA) is 92.4 Å². The summed E-state index contributed by atoms with van der Waals surface area (Å²) in [5.41, 5.74) is 4.65. The maximum atomic E-state index is 13.2. The van der Waals surface area contributed by atoms with E-state index in [1.54, 1.807) is 29.1 Å². The van der Waals surface area contributed by atoms with Crippen molar-refractivity contribution >= 4 is 39.9 Å². The number of amides is 1. The Morgan fingerprint density at radius 1 is 1.24 bits per heavy atom. The van der Waals surface area contributed by atoms with Crippen LogP contribution in [0.1, 0.15) is 43.5 Å². The number of carbonyl (C=O) groups excluding carboxylic acids is 1. The van der Waals surface area contributed by atoms with Crippen molar-refractivity contribution in [1.29, 1.82) is 0 Å². The van der Waals surface area contributed by atoms with Crippen LogP contribution in [0.15, 0.2) is 36.8 Å². The number of nitrogens with one attached hydrogen (secondary N) is 1. The molecule has 0 unspecified atom stereocenters. The van der Waals surface area contributed by atoms with Crippen LogP contribution in [0.25, 0.3) is 27.7 Å². The predicted molar refractivity (Wildman–Crippen MR) is 125 cm³/mol. The number of fused-ring (bicyclic) bond motifs is 3. The lowest BCUT2D eigenvalue weighted by Gasteiger charge is -2.14. The fourth-order valence-electron chi connectivity index (χ4n) is 4.11. The Hall–Kier alpha value is -3.10. The summed E-state index contributed by atoms with van der Waals surface area (Å²) < 4.78 is 15.0. The number of aromatic nitrogens is 4. The molecule has 4 aromatic heterocycles. The Bertz CT molecular complexity index is 1390. The number of nitrogens with zero attached hydrogens (tertiary/aromatic N) is 4. The monoisotopic (exact) mass is 467 g/mol. The minimum Gasteiger partial charge on any atom is -0.387 e. The normalized spacial score (nSPS) is 18.6. The van der Waals surface area contributed by atoms with E-state index < -0.39 is 18.2 Å². The minimum absolute atomic E-state index is 0.252. The third kappa shape index (κ3) is 3.94. The van der Waals surface area contributed by atoms with Gasteiger partial charge in [-0.05, 0) is 37.5 Å². The highest BCUT2D eigenvalue weighted by Gasteiger charge is 2.43. The van der Waals surface area contributed by atoms with E-state index in [0.717, 1.165) is 34.0 Å². The summed E-state index contributed by atoms with van der Waals surface area (Å²) in [6.07, 6.45) is 5.06. The summed E-state index contributed by atoms with van der Waals surface area (Å²) in [5, 5.41) is 14.2. The molecule has 4 aromatic rings. The molecule has 9 heteroatoms. The molecule has 1 aliphatic rings. The number of anilines is 1. The number of pyridine rings is 3. The number of hydrogen-bond donors (Lipinski definition) is 2. The third-order valence-corrected chi connectivity index (χ3v) is 6.31. The first-order chi connectivity index (χ1) is 15.9. The number of carbonyl (C=O) groups is 1. The molecule has 1 aliphatic carbocycles. The first kappa shape index (κ1) is 21.7. The van der Waals surface area contributed by atoms with Crippen LogP contribution in [0.2, 0.25) is 5.15 Å². The molecule has 0 bridgehead atoms. The summed E-state index contributed by atoms with van der Waals surface area (Å²) in [4.78, 5) is 25.5. The molecule has 0 spiro atoms.